The number of phenolic OH excluding ortho intramolecular Hbond substituents is 1. The van der Waals surface area contributed by atoms with Crippen LogP contribution in [0.15, 0.2) is 6.07 Å². The van der Waals surface area contributed by atoms with Gasteiger partial charge in [0.2, 0.25) is 5.82 Å². The molecular weight excluding hydrogens is 257 g/mol. The average molecular weight is 274 g/mol. The first-order valence-corrected chi connectivity index (χ1v) is 6.39. The molecule has 1 aromatic carbocycles. The summed E-state index contributed by atoms with van der Waals surface area (Å²) in [5.41, 5.74) is 6.26. The monoisotopic (exact) mass is 273 g/mol. The summed E-state index contributed by atoms with van der Waals surface area (Å²) in [6, 6.07) is 1.58. The normalized spacial score (nSPS) is 18.0. The van der Waals surface area contributed by atoms with Crippen molar-refractivity contribution in [2.75, 3.05) is 13.7 Å². The van der Waals surface area contributed by atoms with E-state index in [1.165, 1.54) is 7.11 Å². The zero-order valence-corrected chi connectivity index (χ0v) is 11.1. The van der Waals surface area contributed by atoms with Crippen molar-refractivity contribution >= 4 is 11.6 Å². The van der Waals surface area contributed by atoms with Crippen molar-refractivity contribution in [2.24, 2.45) is 5.73 Å². The van der Waals surface area contributed by atoms with E-state index < -0.39 is 11.6 Å². The minimum atomic E-state index is -0.806. The number of hydrogen-bond acceptors (Lipinski definition) is 3. The molecular formula is C13H17ClFNO2. The number of rotatable bonds is 3. The van der Waals surface area contributed by atoms with Gasteiger partial charge in [-0.15, -0.1) is 0 Å². The van der Waals surface area contributed by atoms with E-state index in [9.17, 15) is 9.50 Å². The molecule has 1 saturated carbocycles. The van der Waals surface area contributed by atoms with Crippen LogP contribution in [0.25, 0.3) is 0 Å². The lowest BCUT2D eigenvalue weighted by Gasteiger charge is -2.30. The fourth-order valence-corrected chi connectivity index (χ4v) is 3.01. The molecule has 100 valence electrons. The molecule has 0 aliphatic heterocycles. The zero-order valence-electron chi connectivity index (χ0n) is 10.3. The predicted molar refractivity (Wildman–Crippen MR) is 68.8 cm³/mol. The van der Waals surface area contributed by atoms with Crippen LogP contribution in [0.1, 0.15) is 31.2 Å². The van der Waals surface area contributed by atoms with Crippen LogP contribution >= 0.6 is 11.6 Å². The summed E-state index contributed by atoms with van der Waals surface area (Å²) in [6.45, 7) is 0.421. The fraction of sp³-hybridized carbons (Fsp3) is 0.538. The van der Waals surface area contributed by atoms with Crippen LogP contribution in [-0.2, 0) is 5.41 Å². The van der Waals surface area contributed by atoms with Gasteiger partial charge in [0.05, 0.1) is 12.1 Å². The van der Waals surface area contributed by atoms with Crippen LogP contribution in [0.3, 0.4) is 0 Å². The van der Waals surface area contributed by atoms with Gasteiger partial charge in [-0.1, -0.05) is 24.4 Å². The maximum absolute atomic E-state index is 14.0. The number of nitrogens with two attached hydrogens (primary N) is 1. The van der Waals surface area contributed by atoms with Crippen molar-refractivity contribution in [3.63, 3.8) is 0 Å². The molecule has 1 aliphatic rings. The van der Waals surface area contributed by atoms with Crippen molar-refractivity contribution in [1.82, 2.24) is 0 Å². The molecule has 0 saturated heterocycles. The third kappa shape index (κ3) is 1.93. The predicted octanol–water partition coefficient (Wildman–Crippen LogP) is 2.96. The summed E-state index contributed by atoms with van der Waals surface area (Å²) in [7, 11) is 1.38. The number of benzene rings is 1. The summed E-state index contributed by atoms with van der Waals surface area (Å²) in [5.74, 6) is -1.31. The minimum Gasteiger partial charge on any atom is -0.504 e. The summed E-state index contributed by atoms with van der Waals surface area (Å²) in [6.07, 6.45) is 3.89. The summed E-state index contributed by atoms with van der Waals surface area (Å²) in [5, 5.41) is 9.53. The largest absolute Gasteiger partial charge is 0.504 e. The molecule has 0 bridgehead atoms. The minimum absolute atomic E-state index is 0.00280. The Morgan fingerprint density at radius 3 is 2.61 bits per heavy atom. The van der Waals surface area contributed by atoms with E-state index in [2.05, 4.69) is 0 Å². The summed E-state index contributed by atoms with van der Waals surface area (Å²) in [4.78, 5) is 0. The van der Waals surface area contributed by atoms with E-state index in [4.69, 9.17) is 22.1 Å². The Bertz CT molecular complexity index is 459. The smallest absolute Gasteiger partial charge is 0.208 e. The highest BCUT2D eigenvalue weighted by Crippen LogP contribution is 2.48. The van der Waals surface area contributed by atoms with Crippen LogP contribution < -0.4 is 10.5 Å². The lowest BCUT2D eigenvalue weighted by molar-refractivity contribution is 0.341. The lowest BCUT2D eigenvalue weighted by atomic mass is 9.78. The molecule has 18 heavy (non-hydrogen) atoms. The topological polar surface area (TPSA) is 55.5 Å². The van der Waals surface area contributed by atoms with Gasteiger partial charge in [0.1, 0.15) is 0 Å². The molecule has 0 aromatic heterocycles. The van der Waals surface area contributed by atoms with Crippen molar-refractivity contribution in [3.8, 4) is 11.5 Å². The number of phenols is 1. The van der Waals surface area contributed by atoms with Gasteiger partial charge in [0.25, 0.3) is 0 Å². The van der Waals surface area contributed by atoms with Gasteiger partial charge in [-0.05, 0) is 18.9 Å². The second-order valence-corrected chi connectivity index (χ2v) is 5.20. The first-order valence-electron chi connectivity index (χ1n) is 6.01. The number of aromatic hydroxyl groups is 1. The van der Waals surface area contributed by atoms with Crippen LogP contribution in [0, 0.1) is 5.82 Å². The van der Waals surface area contributed by atoms with E-state index >= 15 is 0 Å². The summed E-state index contributed by atoms with van der Waals surface area (Å²) < 4.78 is 19.1. The maximum Gasteiger partial charge on any atom is 0.208 e. The number of methoxy groups -OCH3 is 1. The third-order valence-electron chi connectivity index (χ3n) is 3.88. The average Bonchev–Trinajstić information content (AvgIpc) is 2.85. The Labute approximate surface area is 111 Å². The Balaban J connectivity index is 2.62. The van der Waals surface area contributed by atoms with Gasteiger partial charge >= 0.3 is 0 Å². The van der Waals surface area contributed by atoms with Gasteiger partial charge in [0.15, 0.2) is 11.5 Å². The SMILES string of the molecule is COc1c(C2(CN)CCCC2)cc(Cl)c(O)c1F. The van der Waals surface area contributed by atoms with Gasteiger partial charge in [-0.25, -0.2) is 0 Å². The van der Waals surface area contributed by atoms with Gasteiger partial charge in [0, 0.05) is 17.5 Å². The van der Waals surface area contributed by atoms with Gasteiger partial charge < -0.3 is 15.6 Å². The van der Waals surface area contributed by atoms with Crippen molar-refractivity contribution in [1.29, 1.82) is 0 Å². The van der Waals surface area contributed by atoms with E-state index in [1.807, 2.05) is 0 Å². The molecule has 1 aliphatic carbocycles. The molecule has 0 unspecified atom stereocenters. The maximum atomic E-state index is 14.0. The molecule has 1 aromatic rings. The first kappa shape index (κ1) is 13.4. The molecule has 0 radical (unpaired) electrons. The van der Waals surface area contributed by atoms with Crippen LogP contribution in [0.4, 0.5) is 4.39 Å². The molecule has 3 N–H and O–H groups in total. The second-order valence-electron chi connectivity index (χ2n) is 4.79. The Kier molecular flexibility index (Phi) is 3.69. The third-order valence-corrected chi connectivity index (χ3v) is 4.16. The molecule has 3 nitrogen and oxygen atoms in total. The van der Waals surface area contributed by atoms with E-state index in [0.717, 1.165) is 25.7 Å². The van der Waals surface area contributed by atoms with Gasteiger partial charge in [-0.2, -0.15) is 4.39 Å². The lowest BCUT2D eigenvalue weighted by Crippen LogP contribution is -2.32. The molecule has 1 fully saturated rings. The van der Waals surface area contributed by atoms with Crippen LogP contribution in [0.2, 0.25) is 5.02 Å². The number of ether oxygens (including phenoxy) is 1. The highest BCUT2D eigenvalue weighted by molar-refractivity contribution is 6.32. The van der Waals surface area contributed by atoms with E-state index in [-0.39, 0.29) is 16.2 Å². The molecule has 0 amide bonds. The van der Waals surface area contributed by atoms with E-state index in [1.54, 1.807) is 6.07 Å². The van der Waals surface area contributed by atoms with Crippen LogP contribution in [0.5, 0.6) is 11.5 Å². The molecule has 5 heteroatoms. The van der Waals surface area contributed by atoms with E-state index in [0.29, 0.717) is 12.1 Å². The number of hydrogen-bond donors (Lipinski definition) is 2. The molecule has 0 atom stereocenters. The Morgan fingerprint density at radius 1 is 1.50 bits per heavy atom. The van der Waals surface area contributed by atoms with Crippen LogP contribution in [-0.4, -0.2) is 18.8 Å². The quantitative estimate of drug-likeness (QED) is 0.890. The second kappa shape index (κ2) is 4.94. The highest BCUT2D eigenvalue weighted by Gasteiger charge is 2.38. The van der Waals surface area contributed by atoms with Crippen molar-refractivity contribution < 1.29 is 14.2 Å². The highest BCUT2D eigenvalue weighted by atomic mass is 35.5. The Morgan fingerprint density at radius 2 is 2.11 bits per heavy atom. The fourth-order valence-electron chi connectivity index (χ4n) is 2.82. The molecule has 0 heterocycles. The first-order chi connectivity index (χ1) is 8.55. The van der Waals surface area contributed by atoms with Gasteiger partial charge in [-0.3, -0.25) is 0 Å². The number of halogens is 2. The van der Waals surface area contributed by atoms with Crippen molar-refractivity contribution in [3.05, 3.63) is 22.5 Å². The molecule has 0 spiro atoms. The summed E-state index contributed by atoms with van der Waals surface area (Å²) >= 11 is 5.86. The zero-order chi connectivity index (χ0) is 13.3. The molecule has 2 rings (SSSR count). The van der Waals surface area contributed by atoms with Crippen molar-refractivity contribution in [2.45, 2.75) is 31.1 Å². The Hall–Kier alpha value is -1.00. The standard InChI is InChI=1S/C13H17ClFNO2/c1-18-12-8(6-9(14)11(17)10(12)15)13(7-16)4-2-3-5-13/h6,17H,2-5,7,16H2,1H3.